The number of carbonyl (C=O) groups is 2. The maximum atomic E-state index is 13.1. The monoisotopic (exact) mass is 332 g/mol. The van der Waals surface area contributed by atoms with Gasteiger partial charge in [-0.05, 0) is 30.3 Å². The molecule has 1 aliphatic heterocycles. The van der Waals surface area contributed by atoms with Gasteiger partial charge in [-0.3, -0.25) is 9.59 Å². The molecule has 2 amide bonds. The van der Waals surface area contributed by atoms with E-state index in [1.807, 2.05) is 30.3 Å². The lowest BCUT2D eigenvalue weighted by Crippen LogP contribution is -2.28. The molecule has 1 N–H and O–H groups in total. The fourth-order valence-corrected chi connectivity index (χ4v) is 2.74. The van der Waals surface area contributed by atoms with Crippen molar-refractivity contribution in [1.82, 2.24) is 0 Å². The van der Waals surface area contributed by atoms with Crippen molar-refractivity contribution >= 4 is 34.8 Å². The predicted molar refractivity (Wildman–Crippen MR) is 86.9 cm³/mol. The Morgan fingerprint density at radius 1 is 1.22 bits per heavy atom. The van der Waals surface area contributed by atoms with E-state index in [2.05, 4.69) is 5.32 Å². The first-order valence-electron chi connectivity index (χ1n) is 7.16. The van der Waals surface area contributed by atoms with Gasteiger partial charge in [-0.15, -0.1) is 0 Å². The van der Waals surface area contributed by atoms with Crippen molar-refractivity contribution in [2.24, 2.45) is 5.92 Å². The van der Waals surface area contributed by atoms with E-state index in [9.17, 15) is 14.0 Å². The minimum atomic E-state index is -0.545. The van der Waals surface area contributed by atoms with Crippen molar-refractivity contribution in [3.8, 4) is 0 Å². The highest BCUT2D eigenvalue weighted by atomic mass is 35.5. The summed E-state index contributed by atoms with van der Waals surface area (Å²) in [5.74, 6) is -1.37. The number of benzene rings is 2. The number of rotatable bonds is 3. The molecule has 0 radical (unpaired) electrons. The van der Waals surface area contributed by atoms with Gasteiger partial charge in [0.2, 0.25) is 11.8 Å². The molecule has 3 rings (SSSR count). The number of carbonyl (C=O) groups excluding carboxylic acids is 2. The Morgan fingerprint density at radius 3 is 2.65 bits per heavy atom. The van der Waals surface area contributed by atoms with Crippen LogP contribution in [0.2, 0.25) is 5.02 Å². The molecule has 0 bridgehead atoms. The molecule has 23 heavy (non-hydrogen) atoms. The SMILES string of the molecule is O=C(Nc1ccc(F)c(Cl)c1)[C@H]1CC(=O)N(c2ccccc2)C1. The van der Waals surface area contributed by atoms with Crippen LogP contribution in [0.4, 0.5) is 15.8 Å². The summed E-state index contributed by atoms with van der Waals surface area (Å²) in [4.78, 5) is 26.0. The average Bonchev–Trinajstić information content (AvgIpc) is 2.94. The Balaban J connectivity index is 1.69. The smallest absolute Gasteiger partial charge is 0.229 e. The molecular formula is C17H14ClFN2O2. The highest BCUT2D eigenvalue weighted by Gasteiger charge is 2.35. The van der Waals surface area contributed by atoms with E-state index in [4.69, 9.17) is 11.6 Å². The molecule has 0 aliphatic carbocycles. The van der Waals surface area contributed by atoms with Crippen molar-refractivity contribution in [2.45, 2.75) is 6.42 Å². The molecule has 1 fully saturated rings. The number of hydrogen-bond acceptors (Lipinski definition) is 2. The summed E-state index contributed by atoms with van der Waals surface area (Å²) in [5, 5.41) is 2.62. The lowest BCUT2D eigenvalue weighted by Gasteiger charge is -2.16. The van der Waals surface area contributed by atoms with Gasteiger partial charge in [0.25, 0.3) is 0 Å². The third kappa shape index (κ3) is 3.35. The Labute approximate surface area is 137 Å². The zero-order chi connectivity index (χ0) is 16.4. The van der Waals surface area contributed by atoms with E-state index in [1.165, 1.54) is 18.2 Å². The van der Waals surface area contributed by atoms with Gasteiger partial charge in [-0.1, -0.05) is 29.8 Å². The van der Waals surface area contributed by atoms with Gasteiger partial charge < -0.3 is 10.2 Å². The van der Waals surface area contributed by atoms with E-state index in [-0.39, 0.29) is 23.3 Å². The Bertz CT molecular complexity index is 752. The first-order valence-corrected chi connectivity index (χ1v) is 7.54. The molecule has 1 atom stereocenters. The van der Waals surface area contributed by atoms with E-state index < -0.39 is 11.7 Å². The number of hydrogen-bond donors (Lipinski definition) is 1. The maximum absolute atomic E-state index is 13.1. The first-order chi connectivity index (χ1) is 11.0. The second-order valence-corrected chi connectivity index (χ2v) is 5.77. The summed E-state index contributed by atoms with van der Waals surface area (Å²) in [7, 11) is 0. The Morgan fingerprint density at radius 2 is 1.96 bits per heavy atom. The number of anilines is 2. The molecule has 1 heterocycles. The Kier molecular flexibility index (Phi) is 4.30. The number of halogens is 2. The van der Waals surface area contributed by atoms with Crippen LogP contribution in [0.1, 0.15) is 6.42 Å². The lowest BCUT2D eigenvalue weighted by atomic mass is 10.1. The fourth-order valence-electron chi connectivity index (χ4n) is 2.56. The van der Waals surface area contributed by atoms with Gasteiger partial charge in [0.15, 0.2) is 0 Å². The quantitative estimate of drug-likeness (QED) is 0.935. The molecule has 2 aromatic carbocycles. The van der Waals surface area contributed by atoms with E-state index >= 15 is 0 Å². The number of nitrogens with one attached hydrogen (secondary N) is 1. The summed E-state index contributed by atoms with van der Waals surface area (Å²) >= 11 is 5.69. The maximum Gasteiger partial charge on any atom is 0.229 e. The molecule has 118 valence electrons. The van der Waals surface area contributed by atoms with E-state index in [1.54, 1.807) is 4.90 Å². The molecule has 2 aromatic rings. The minimum absolute atomic E-state index is 0.0591. The van der Waals surface area contributed by atoms with Crippen LogP contribution < -0.4 is 10.2 Å². The molecule has 0 unspecified atom stereocenters. The lowest BCUT2D eigenvalue weighted by molar-refractivity contribution is -0.122. The summed E-state index contributed by atoms with van der Waals surface area (Å²) in [5.41, 5.74) is 1.18. The van der Waals surface area contributed by atoms with Crippen LogP contribution in [0.15, 0.2) is 48.5 Å². The number of para-hydroxylation sites is 1. The largest absolute Gasteiger partial charge is 0.326 e. The summed E-state index contributed by atoms with van der Waals surface area (Å²) in [6.07, 6.45) is 0.148. The second kappa shape index (κ2) is 6.38. The van der Waals surface area contributed by atoms with Gasteiger partial charge >= 0.3 is 0 Å². The van der Waals surface area contributed by atoms with Gasteiger partial charge in [0, 0.05) is 24.3 Å². The summed E-state index contributed by atoms with van der Waals surface area (Å²) < 4.78 is 13.1. The normalized spacial score (nSPS) is 17.4. The number of amides is 2. The van der Waals surface area contributed by atoms with Crippen LogP contribution in [0.5, 0.6) is 0 Å². The molecule has 0 spiro atoms. The predicted octanol–water partition coefficient (Wildman–Crippen LogP) is 3.47. The zero-order valence-electron chi connectivity index (χ0n) is 12.1. The van der Waals surface area contributed by atoms with Gasteiger partial charge in [0.1, 0.15) is 5.82 Å². The highest BCUT2D eigenvalue weighted by molar-refractivity contribution is 6.31. The van der Waals surface area contributed by atoms with Crippen molar-refractivity contribution in [2.75, 3.05) is 16.8 Å². The van der Waals surface area contributed by atoms with Crippen LogP contribution >= 0.6 is 11.6 Å². The van der Waals surface area contributed by atoms with E-state index in [0.717, 1.165) is 5.69 Å². The second-order valence-electron chi connectivity index (χ2n) is 5.36. The third-order valence-electron chi connectivity index (χ3n) is 3.75. The summed E-state index contributed by atoms with van der Waals surface area (Å²) in [6.45, 7) is 0.323. The highest BCUT2D eigenvalue weighted by Crippen LogP contribution is 2.26. The van der Waals surface area contributed by atoms with Crippen LogP contribution in [-0.4, -0.2) is 18.4 Å². The molecular weight excluding hydrogens is 319 g/mol. The minimum Gasteiger partial charge on any atom is -0.326 e. The topological polar surface area (TPSA) is 49.4 Å². The molecule has 1 saturated heterocycles. The van der Waals surface area contributed by atoms with Crippen LogP contribution in [0.3, 0.4) is 0 Å². The molecule has 0 saturated carbocycles. The summed E-state index contributed by atoms with van der Waals surface area (Å²) in [6, 6.07) is 13.2. The molecule has 6 heteroatoms. The zero-order valence-corrected chi connectivity index (χ0v) is 12.9. The van der Waals surface area contributed by atoms with E-state index in [0.29, 0.717) is 12.2 Å². The van der Waals surface area contributed by atoms with Crippen LogP contribution in [0, 0.1) is 11.7 Å². The fraction of sp³-hybridized carbons (Fsp3) is 0.176. The standard InChI is InChI=1S/C17H14ClFN2O2/c18-14-9-12(6-7-15(14)19)20-17(23)11-8-16(22)21(10-11)13-4-2-1-3-5-13/h1-7,9,11H,8,10H2,(H,20,23)/t11-/m0/s1. The van der Waals surface area contributed by atoms with Gasteiger partial charge in [-0.25, -0.2) is 4.39 Å². The Hall–Kier alpha value is -2.40. The van der Waals surface area contributed by atoms with Crippen molar-refractivity contribution in [3.05, 3.63) is 59.4 Å². The molecule has 0 aromatic heterocycles. The van der Waals surface area contributed by atoms with Crippen LogP contribution in [0.25, 0.3) is 0 Å². The first kappa shape index (κ1) is 15.5. The molecule has 1 aliphatic rings. The third-order valence-corrected chi connectivity index (χ3v) is 4.04. The van der Waals surface area contributed by atoms with Crippen LogP contribution in [-0.2, 0) is 9.59 Å². The van der Waals surface area contributed by atoms with Gasteiger partial charge in [-0.2, -0.15) is 0 Å². The molecule has 4 nitrogen and oxygen atoms in total. The van der Waals surface area contributed by atoms with Crippen molar-refractivity contribution in [3.63, 3.8) is 0 Å². The van der Waals surface area contributed by atoms with Crippen molar-refractivity contribution < 1.29 is 14.0 Å². The number of nitrogens with zero attached hydrogens (tertiary/aromatic N) is 1. The van der Waals surface area contributed by atoms with Gasteiger partial charge in [0.05, 0.1) is 10.9 Å². The average molecular weight is 333 g/mol. The van der Waals surface area contributed by atoms with Crippen molar-refractivity contribution in [1.29, 1.82) is 0 Å².